The molecule has 1 aliphatic carbocycles. The number of nitrogen functional groups attached to an aromatic ring is 1. The standard InChI is InChI=1S/C22H26N2O5/c1-2-27-17-10-8-16(9-11-17)24-21(25)14-28-20-13-15(7-12-19(20)23)22(26)29-18-5-3-4-6-18/h7-13,18H,2-6,14,23H2,1H3,(H,24,25). The molecule has 0 unspecified atom stereocenters. The molecule has 0 saturated heterocycles. The highest BCUT2D eigenvalue weighted by molar-refractivity contribution is 5.92. The van der Waals surface area contributed by atoms with Crippen molar-refractivity contribution in [2.75, 3.05) is 24.3 Å². The lowest BCUT2D eigenvalue weighted by Gasteiger charge is -2.13. The van der Waals surface area contributed by atoms with Gasteiger partial charge in [0.05, 0.1) is 17.9 Å². The fourth-order valence-electron chi connectivity index (χ4n) is 3.15. The first-order valence-corrected chi connectivity index (χ1v) is 9.81. The Morgan fingerprint density at radius 1 is 1.07 bits per heavy atom. The number of carbonyl (C=O) groups is 2. The van der Waals surface area contributed by atoms with Gasteiger partial charge in [0.25, 0.3) is 5.91 Å². The van der Waals surface area contributed by atoms with Crippen LogP contribution in [-0.4, -0.2) is 31.2 Å². The number of ether oxygens (including phenoxy) is 3. The van der Waals surface area contributed by atoms with E-state index in [1.807, 2.05) is 6.92 Å². The van der Waals surface area contributed by atoms with Gasteiger partial charge in [0.15, 0.2) is 6.61 Å². The average molecular weight is 398 g/mol. The largest absolute Gasteiger partial charge is 0.494 e. The highest BCUT2D eigenvalue weighted by atomic mass is 16.5. The lowest BCUT2D eigenvalue weighted by molar-refractivity contribution is -0.118. The lowest BCUT2D eigenvalue weighted by atomic mass is 10.2. The summed E-state index contributed by atoms with van der Waals surface area (Å²) in [6, 6.07) is 11.7. The minimum atomic E-state index is -0.402. The molecular formula is C22H26N2O5. The molecular weight excluding hydrogens is 372 g/mol. The van der Waals surface area contributed by atoms with Crippen LogP contribution in [0, 0.1) is 0 Å². The molecule has 1 fully saturated rings. The van der Waals surface area contributed by atoms with Crippen LogP contribution in [0.1, 0.15) is 43.0 Å². The fourth-order valence-corrected chi connectivity index (χ4v) is 3.15. The van der Waals surface area contributed by atoms with Gasteiger partial charge < -0.3 is 25.3 Å². The van der Waals surface area contributed by atoms with Crippen LogP contribution in [0.4, 0.5) is 11.4 Å². The topological polar surface area (TPSA) is 99.9 Å². The summed E-state index contributed by atoms with van der Waals surface area (Å²) < 4.78 is 16.4. The van der Waals surface area contributed by atoms with E-state index in [-0.39, 0.29) is 24.4 Å². The van der Waals surface area contributed by atoms with Crippen LogP contribution >= 0.6 is 0 Å². The van der Waals surface area contributed by atoms with E-state index in [2.05, 4.69) is 5.32 Å². The molecule has 29 heavy (non-hydrogen) atoms. The van der Waals surface area contributed by atoms with Gasteiger partial charge in [-0.15, -0.1) is 0 Å². The summed E-state index contributed by atoms with van der Waals surface area (Å²) in [5.41, 5.74) is 7.24. The van der Waals surface area contributed by atoms with Crippen molar-refractivity contribution in [3.8, 4) is 11.5 Å². The number of carbonyl (C=O) groups excluding carboxylic acids is 2. The number of benzene rings is 2. The van der Waals surface area contributed by atoms with E-state index in [9.17, 15) is 9.59 Å². The molecule has 1 amide bonds. The first-order chi connectivity index (χ1) is 14.0. The van der Waals surface area contributed by atoms with Crippen molar-refractivity contribution in [2.45, 2.75) is 38.7 Å². The van der Waals surface area contributed by atoms with Gasteiger partial charge in [0.2, 0.25) is 0 Å². The monoisotopic (exact) mass is 398 g/mol. The summed E-state index contributed by atoms with van der Waals surface area (Å²) in [5.74, 6) is 0.261. The number of anilines is 2. The number of hydrogen-bond acceptors (Lipinski definition) is 6. The molecule has 3 N–H and O–H groups in total. The third kappa shape index (κ3) is 5.88. The van der Waals surface area contributed by atoms with E-state index in [1.165, 1.54) is 6.07 Å². The number of rotatable bonds is 8. The lowest BCUT2D eigenvalue weighted by Crippen LogP contribution is -2.20. The van der Waals surface area contributed by atoms with Crippen molar-refractivity contribution >= 4 is 23.3 Å². The minimum Gasteiger partial charge on any atom is -0.494 e. The van der Waals surface area contributed by atoms with Gasteiger partial charge in [-0.1, -0.05) is 0 Å². The van der Waals surface area contributed by atoms with Crippen LogP contribution in [0.2, 0.25) is 0 Å². The van der Waals surface area contributed by atoms with Crippen molar-refractivity contribution in [2.24, 2.45) is 0 Å². The molecule has 0 atom stereocenters. The molecule has 0 aliphatic heterocycles. The highest BCUT2D eigenvalue weighted by Gasteiger charge is 2.21. The van der Waals surface area contributed by atoms with E-state index in [1.54, 1.807) is 36.4 Å². The molecule has 0 bridgehead atoms. The maximum absolute atomic E-state index is 12.3. The summed E-state index contributed by atoms with van der Waals surface area (Å²) in [5, 5.41) is 2.73. The highest BCUT2D eigenvalue weighted by Crippen LogP contribution is 2.26. The normalized spacial score (nSPS) is 13.7. The molecule has 7 nitrogen and oxygen atoms in total. The zero-order valence-electron chi connectivity index (χ0n) is 16.5. The maximum Gasteiger partial charge on any atom is 0.338 e. The zero-order valence-corrected chi connectivity index (χ0v) is 16.5. The van der Waals surface area contributed by atoms with Crippen LogP contribution in [0.25, 0.3) is 0 Å². The fraction of sp³-hybridized carbons (Fsp3) is 0.364. The third-order valence-corrected chi connectivity index (χ3v) is 4.63. The first-order valence-electron chi connectivity index (χ1n) is 9.81. The number of amides is 1. The van der Waals surface area contributed by atoms with Crippen molar-refractivity contribution in [3.05, 3.63) is 48.0 Å². The summed E-state index contributed by atoms with van der Waals surface area (Å²) >= 11 is 0. The van der Waals surface area contributed by atoms with E-state index in [4.69, 9.17) is 19.9 Å². The third-order valence-electron chi connectivity index (χ3n) is 4.63. The second-order valence-corrected chi connectivity index (χ2v) is 6.86. The van der Waals surface area contributed by atoms with Gasteiger partial charge in [-0.25, -0.2) is 4.79 Å². The zero-order chi connectivity index (χ0) is 20.6. The Hall–Kier alpha value is -3.22. The smallest absolute Gasteiger partial charge is 0.338 e. The molecule has 3 rings (SSSR count). The van der Waals surface area contributed by atoms with E-state index in [0.29, 0.717) is 23.5 Å². The molecule has 0 aromatic heterocycles. The SMILES string of the molecule is CCOc1ccc(NC(=O)COc2cc(C(=O)OC3CCCC3)ccc2N)cc1. The molecule has 1 saturated carbocycles. The Morgan fingerprint density at radius 3 is 2.48 bits per heavy atom. The predicted molar refractivity (Wildman–Crippen MR) is 110 cm³/mol. The maximum atomic E-state index is 12.3. The molecule has 1 aliphatic rings. The Morgan fingerprint density at radius 2 is 1.79 bits per heavy atom. The van der Waals surface area contributed by atoms with E-state index >= 15 is 0 Å². The van der Waals surface area contributed by atoms with E-state index in [0.717, 1.165) is 31.4 Å². The number of hydrogen-bond donors (Lipinski definition) is 2. The van der Waals surface area contributed by atoms with Crippen molar-refractivity contribution in [1.82, 2.24) is 0 Å². The molecule has 0 heterocycles. The molecule has 0 radical (unpaired) electrons. The summed E-state index contributed by atoms with van der Waals surface area (Å²) in [7, 11) is 0. The van der Waals surface area contributed by atoms with Gasteiger partial charge in [-0.3, -0.25) is 4.79 Å². The van der Waals surface area contributed by atoms with Crippen LogP contribution < -0.4 is 20.5 Å². The average Bonchev–Trinajstić information content (AvgIpc) is 3.22. The van der Waals surface area contributed by atoms with Crippen molar-refractivity contribution in [1.29, 1.82) is 0 Å². The first kappa shape index (κ1) is 20.5. The van der Waals surface area contributed by atoms with Crippen LogP contribution in [0.5, 0.6) is 11.5 Å². The molecule has 7 heteroatoms. The quantitative estimate of drug-likeness (QED) is 0.518. The Bertz CT molecular complexity index is 845. The Labute approximate surface area is 170 Å². The molecule has 154 valence electrons. The predicted octanol–water partition coefficient (Wildman–Crippen LogP) is 3.78. The Kier molecular flexibility index (Phi) is 6.94. The summed E-state index contributed by atoms with van der Waals surface area (Å²) in [6.45, 7) is 2.24. The number of nitrogens with two attached hydrogens (primary N) is 1. The minimum absolute atomic E-state index is 0.0238. The number of esters is 1. The van der Waals surface area contributed by atoms with Gasteiger partial charge in [-0.2, -0.15) is 0 Å². The van der Waals surface area contributed by atoms with Gasteiger partial charge in [0, 0.05) is 5.69 Å². The number of nitrogens with one attached hydrogen (secondary N) is 1. The molecule has 2 aromatic carbocycles. The molecule has 2 aromatic rings. The molecule has 0 spiro atoms. The van der Waals surface area contributed by atoms with Crippen molar-refractivity contribution in [3.63, 3.8) is 0 Å². The Balaban J connectivity index is 1.54. The van der Waals surface area contributed by atoms with E-state index < -0.39 is 5.97 Å². The van der Waals surface area contributed by atoms with Crippen LogP contribution in [0.3, 0.4) is 0 Å². The van der Waals surface area contributed by atoms with Crippen LogP contribution in [0.15, 0.2) is 42.5 Å². The van der Waals surface area contributed by atoms with Gasteiger partial charge >= 0.3 is 5.97 Å². The van der Waals surface area contributed by atoms with Crippen molar-refractivity contribution < 1.29 is 23.8 Å². The summed E-state index contributed by atoms with van der Waals surface area (Å²) in [4.78, 5) is 24.5. The van der Waals surface area contributed by atoms with Crippen LogP contribution in [-0.2, 0) is 9.53 Å². The van der Waals surface area contributed by atoms with Gasteiger partial charge in [-0.05, 0) is 75.1 Å². The summed E-state index contributed by atoms with van der Waals surface area (Å²) in [6.07, 6.45) is 3.94. The second kappa shape index (κ2) is 9.82. The van der Waals surface area contributed by atoms with Gasteiger partial charge in [0.1, 0.15) is 17.6 Å². The second-order valence-electron chi connectivity index (χ2n) is 6.86.